The zero-order chi connectivity index (χ0) is 9.52. The van der Waals surface area contributed by atoms with E-state index < -0.39 is 0 Å². The predicted octanol–water partition coefficient (Wildman–Crippen LogP) is 2.54. The molecule has 70 valence electrons. The van der Waals surface area contributed by atoms with Crippen molar-refractivity contribution in [1.29, 1.82) is 0 Å². The maximum atomic E-state index is 10.7. The van der Waals surface area contributed by atoms with Crippen LogP contribution in [-0.4, -0.2) is 16.5 Å². The Morgan fingerprint density at radius 1 is 1.62 bits per heavy atom. The summed E-state index contributed by atoms with van der Waals surface area (Å²) < 4.78 is 0. The molecule has 0 aliphatic rings. The molecule has 0 spiro atoms. The minimum atomic E-state index is 0.0555. The minimum Gasteiger partial charge on any atom is -0.302 e. The lowest BCUT2D eigenvalue weighted by atomic mass is 10.3. The molecule has 1 aromatic heterocycles. The van der Waals surface area contributed by atoms with Crippen LogP contribution in [0.2, 0.25) is 0 Å². The van der Waals surface area contributed by atoms with E-state index in [2.05, 4.69) is 11.9 Å². The summed E-state index contributed by atoms with van der Waals surface area (Å²) in [6.07, 6.45) is 4.70. The number of carbonyl (C=O) groups is 1. The van der Waals surface area contributed by atoms with Crippen molar-refractivity contribution in [2.45, 2.75) is 30.0 Å². The van der Waals surface area contributed by atoms with E-state index in [-0.39, 0.29) is 5.25 Å². The fourth-order valence-electron chi connectivity index (χ4n) is 1.01. The van der Waals surface area contributed by atoms with E-state index in [1.54, 1.807) is 6.20 Å². The normalized spacial score (nSPS) is 12.4. The molecule has 13 heavy (non-hydrogen) atoms. The van der Waals surface area contributed by atoms with Gasteiger partial charge in [-0.05, 0) is 18.6 Å². The first-order valence-electron chi connectivity index (χ1n) is 4.39. The predicted molar refractivity (Wildman–Crippen MR) is 54.9 cm³/mol. The number of carbonyl (C=O) groups excluding carboxylic acids is 1. The second-order valence-electron chi connectivity index (χ2n) is 2.75. The van der Waals surface area contributed by atoms with Crippen LogP contribution in [0, 0.1) is 0 Å². The van der Waals surface area contributed by atoms with Gasteiger partial charge in [0.05, 0.1) is 10.3 Å². The topological polar surface area (TPSA) is 30.0 Å². The monoisotopic (exact) mass is 195 g/mol. The highest BCUT2D eigenvalue weighted by Crippen LogP contribution is 2.22. The molecule has 0 N–H and O–H groups in total. The highest BCUT2D eigenvalue weighted by molar-refractivity contribution is 8.00. The van der Waals surface area contributed by atoms with Crippen molar-refractivity contribution in [2.24, 2.45) is 0 Å². The molecule has 2 nitrogen and oxygen atoms in total. The molecule has 0 aromatic carbocycles. The molecule has 0 fully saturated rings. The van der Waals surface area contributed by atoms with Gasteiger partial charge in [-0.3, -0.25) is 0 Å². The van der Waals surface area contributed by atoms with Crippen molar-refractivity contribution in [3.63, 3.8) is 0 Å². The largest absolute Gasteiger partial charge is 0.302 e. The summed E-state index contributed by atoms with van der Waals surface area (Å²) in [4.78, 5) is 14.8. The van der Waals surface area contributed by atoms with Crippen molar-refractivity contribution >= 4 is 18.0 Å². The molecule has 0 amide bonds. The Morgan fingerprint density at radius 3 is 3.00 bits per heavy atom. The Labute approximate surface area is 82.8 Å². The van der Waals surface area contributed by atoms with Gasteiger partial charge in [-0.2, -0.15) is 0 Å². The molecule has 0 aliphatic carbocycles. The Morgan fingerprint density at radius 2 is 2.46 bits per heavy atom. The lowest BCUT2D eigenvalue weighted by molar-refractivity contribution is -0.107. The van der Waals surface area contributed by atoms with Crippen LogP contribution in [0.1, 0.15) is 19.8 Å². The number of hydrogen-bond acceptors (Lipinski definition) is 3. The van der Waals surface area contributed by atoms with Crippen molar-refractivity contribution in [3.05, 3.63) is 24.4 Å². The van der Waals surface area contributed by atoms with E-state index in [0.29, 0.717) is 0 Å². The van der Waals surface area contributed by atoms with Crippen LogP contribution in [0.5, 0.6) is 0 Å². The zero-order valence-corrected chi connectivity index (χ0v) is 8.46. The zero-order valence-electron chi connectivity index (χ0n) is 7.64. The summed E-state index contributed by atoms with van der Waals surface area (Å²) in [5.41, 5.74) is 0. The van der Waals surface area contributed by atoms with Gasteiger partial charge in [-0.15, -0.1) is 0 Å². The van der Waals surface area contributed by atoms with Gasteiger partial charge in [-0.1, -0.05) is 31.2 Å². The highest BCUT2D eigenvalue weighted by atomic mass is 32.2. The Balaban J connectivity index is 2.51. The first-order valence-corrected chi connectivity index (χ1v) is 5.27. The summed E-state index contributed by atoms with van der Waals surface area (Å²) in [7, 11) is 0. The van der Waals surface area contributed by atoms with Crippen LogP contribution in [0.3, 0.4) is 0 Å². The average Bonchev–Trinajstić information content (AvgIpc) is 2.19. The Kier molecular flexibility index (Phi) is 4.54. The molecular weight excluding hydrogens is 182 g/mol. The van der Waals surface area contributed by atoms with Crippen LogP contribution in [-0.2, 0) is 4.79 Å². The second kappa shape index (κ2) is 5.75. The molecule has 1 heterocycles. The number of thioether (sulfide) groups is 1. The van der Waals surface area contributed by atoms with E-state index >= 15 is 0 Å². The molecule has 0 bridgehead atoms. The van der Waals surface area contributed by atoms with E-state index in [4.69, 9.17) is 0 Å². The third-order valence-corrected chi connectivity index (χ3v) is 2.77. The van der Waals surface area contributed by atoms with Gasteiger partial charge in [0.2, 0.25) is 0 Å². The molecule has 3 heteroatoms. The van der Waals surface area contributed by atoms with Gasteiger partial charge < -0.3 is 4.79 Å². The van der Waals surface area contributed by atoms with Crippen molar-refractivity contribution in [1.82, 2.24) is 4.98 Å². The van der Waals surface area contributed by atoms with Crippen LogP contribution in [0.25, 0.3) is 0 Å². The third-order valence-electron chi connectivity index (χ3n) is 1.63. The number of aromatic nitrogens is 1. The van der Waals surface area contributed by atoms with Crippen LogP contribution in [0.15, 0.2) is 29.4 Å². The maximum Gasteiger partial charge on any atom is 0.133 e. The van der Waals surface area contributed by atoms with Gasteiger partial charge >= 0.3 is 0 Å². The maximum absolute atomic E-state index is 10.7. The Hall–Kier alpha value is -0.830. The molecule has 0 saturated heterocycles. The van der Waals surface area contributed by atoms with Gasteiger partial charge in [0.15, 0.2) is 0 Å². The van der Waals surface area contributed by atoms with Gasteiger partial charge in [0.1, 0.15) is 6.29 Å². The lowest BCUT2D eigenvalue weighted by Crippen LogP contribution is -2.03. The van der Waals surface area contributed by atoms with Crippen molar-refractivity contribution in [2.75, 3.05) is 0 Å². The SMILES string of the molecule is CCCC(C=O)Sc1ccccn1. The van der Waals surface area contributed by atoms with Crippen LogP contribution >= 0.6 is 11.8 Å². The van der Waals surface area contributed by atoms with E-state index in [0.717, 1.165) is 24.2 Å². The number of pyridine rings is 1. The summed E-state index contributed by atoms with van der Waals surface area (Å²) in [6.45, 7) is 2.08. The molecule has 0 saturated carbocycles. The standard InChI is InChI=1S/C10H13NOS/c1-2-5-9(8-12)13-10-6-3-4-7-11-10/h3-4,6-9H,2,5H2,1H3. The van der Waals surface area contributed by atoms with Crippen molar-refractivity contribution in [3.8, 4) is 0 Å². The third kappa shape index (κ3) is 3.59. The molecule has 1 rings (SSSR count). The number of nitrogens with zero attached hydrogens (tertiary/aromatic N) is 1. The quantitative estimate of drug-likeness (QED) is 0.534. The smallest absolute Gasteiger partial charge is 0.133 e. The van der Waals surface area contributed by atoms with Crippen molar-refractivity contribution < 1.29 is 4.79 Å². The van der Waals surface area contributed by atoms with E-state index in [1.807, 2.05) is 18.2 Å². The van der Waals surface area contributed by atoms with Gasteiger partial charge in [-0.25, -0.2) is 4.98 Å². The fraction of sp³-hybridized carbons (Fsp3) is 0.400. The molecule has 1 atom stereocenters. The number of hydrogen-bond donors (Lipinski definition) is 0. The summed E-state index contributed by atoms with van der Waals surface area (Å²) in [5, 5.41) is 0.980. The van der Waals surface area contributed by atoms with Gasteiger partial charge in [0.25, 0.3) is 0 Å². The molecule has 1 unspecified atom stereocenters. The lowest BCUT2D eigenvalue weighted by Gasteiger charge is -2.06. The number of aldehydes is 1. The summed E-state index contributed by atoms with van der Waals surface area (Å²) >= 11 is 1.53. The summed E-state index contributed by atoms with van der Waals surface area (Å²) in [5.74, 6) is 0. The van der Waals surface area contributed by atoms with Crippen LogP contribution in [0.4, 0.5) is 0 Å². The van der Waals surface area contributed by atoms with Crippen LogP contribution < -0.4 is 0 Å². The minimum absolute atomic E-state index is 0.0555. The van der Waals surface area contributed by atoms with E-state index in [1.165, 1.54) is 11.8 Å². The Bertz CT molecular complexity index is 250. The fourth-order valence-corrected chi connectivity index (χ4v) is 2.01. The van der Waals surface area contributed by atoms with Gasteiger partial charge in [0, 0.05) is 6.20 Å². The average molecular weight is 195 g/mol. The molecule has 0 aliphatic heterocycles. The number of rotatable bonds is 5. The van der Waals surface area contributed by atoms with E-state index in [9.17, 15) is 4.79 Å². The highest BCUT2D eigenvalue weighted by Gasteiger charge is 2.07. The second-order valence-corrected chi connectivity index (χ2v) is 4.01. The molecule has 0 radical (unpaired) electrons. The molecular formula is C10H13NOS. The molecule has 1 aromatic rings. The first-order chi connectivity index (χ1) is 6.36. The summed E-state index contributed by atoms with van der Waals surface area (Å²) in [6, 6.07) is 5.74. The first kappa shape index (κ1) is 10.3.